The summed E-state index contributed by atoms with van der Waals surface area (Å²) in [7, 11) is 11.5. The van der Waals surface area contributed by atoms with E-state index >= 15 is 0 Å². The zero-order chi connectivity index (χ0) is 27.7. The minimum atomic E-state index is -0.0196. The van der Waals surface area contributed by atoms with E-state index in [1.54, 1.807) is 0 Å². The lowest BCUT2D eigenvalue weighted by molar-refractivity contribution is 0.535. The Hall–Kier alpha value is -3.00. The van der Waals surface area contributed by atoms with Crippen molar-refractivity contribution >= 4 is 88.4 Å². The Balaban J connectivity index is 2.11. The number of rotatable bonds is 2. The second-order valence-electron chi connectivity index (χ2n) is 13.3. The molecule has 0 aliphatic heterocycles. The van der Waals surface area contributed by atoms with Crippen LogP contribution < -0.4 is 27.3 Å². The van der Waals surface area contributed by atoms with Crippen LogP contribution in [0.4, 0.5) is 0 Å². The highest BCUT2D eigenvalue weighted by molar-refractivity contribution is 6.68. The Kier molecular flexibility index (Phi) is 6.33. The molecule has 0 saturated heterocycles. The van der Waals surface area contributed by atoms with Crippen LogP contribution in [0.3, 0.4) is 0 Å². The molecule has 0 aliphatic carbocycles. The molecule has 0 N–H and O–H groups in total. The van der Waals surface area contributed by atoms with Crippen LogP contribution in [0.1, 0.15) is 52.7 Å². The van der Waals surface area contributed by atoms with E-state index in [2.05, 4.69) is 146 Å². The number of para-hydroxylation sites is 1. The van der Waals surface area contributed by atoms with E-state index in [9.17, 15) is 0 Å². The molecule has 38 heavy (non-hydrogen) atoms. The van der Waals surface area contributed by atoms with E-state index < -0.39 is 0 Å². The van der Waals surface area contributed by atoms with Gasteiger partial charge in [0.25, 0.3) is 0 Å². The molecule has 0 bridgehead atoms. The molecule has 0 radical (unpaired) electrons. The summed E-state index contributed by atoms with van der Waals surface area (Å²) in [6.07, 6.45) is 0. The Morgan fingerprint density at radius 2 is 1.08 bits per heavy atom. The van der Waals surface area contributed by atoms with Gasteiger partial charge in [0, 0.05) is 16.5 Å². The van der Waals surface area contributed by atoms with E-state index in [-0.39, 0.29) is 10.8 Å². The van der Waals surface area contributed by atoms with E-state index in [0.29, 0.717) is 0 Å². The highest BCUT2D eigenvalue weighted by Gasteiger charge is 2.31. The molecule has 5 aromatic rings. The molecular formula is C32H38B5N. The topological polar surface area (TPSA) is 4.93 Å². The van der Waals surface area contributed by atoms with Crippen LogP contribution in [0, 0.1) is 0 Å². The summed E-state index contributed by atoms with van der Waals surface area (Å²) < 4.78 is 2.48. The Bertz CT molecular complexity index is 1690. The maximum absolute atomic E-state index is 2.48. The van der Waals surface area contributed by atoms with E-state index in [1.807, 2.05) is 0 Å². The molecular weight excluding hydrogens is 452 g/mol. The molecule has 0 amide bonds. The number of fused-ring (bicyclic) bond motifs is 3. The smallest absolute Gasteiger partial charge is 0.139 e. The van der Waals surface area contributed by atoms with Crippen LogP contribution in [0.25, 0.3) is 38.6 Å². The number of aromatic nitrogens is 1. The maximum atomic E-state index is 2.48. The first-order chi connectivity index (χ1) is 17.7. The van der Waals surface area contributed by atoms with Crippen LogP contribution >= 0.6 is 0 Å². The van der Waals surface area contributed by atoms with Gasteiger partial charge in [-0.1, -0.05) is 88.9 Å². The fraction of sp³-hybridized carbons (Fsp3) is 0.250. The number of hydrogen-bond donors (Lipinski definition) is 0. The van der Waals surface area contributed by atoms with Crippen molar-refractivity contribution in [3.05, 3.63) is 71.8 Å². The second-order valence-corrected chi connectivity index (χ2v) is 13.3. The third-order valence-electron chi connectivity index (χ3n) is 8.80. The average molecular weight is 491 g/mol. The molecule has 0 saturated carbocycles. The third kappa shape index (κ3) is 3.99. The summed E-state index contributed by atoms with van der Waals surface area (Å²) in [5.41, 5.74) is 16.4. The van der Waals surface area contributed by atoms with Crippen molar-refractivity contribution in [2.75, 3.05) is 0 Å². The fourth-order valence-electron chi connectivity index (χ4n) is 6.52. The highest BCUT2D eigenvalue weighted by Crippen LogP contribution is 2.45. The predicted molar refractivity (Wildman–Crippen MR) is 185 cm³/mol. The summed E-state index contributed by atoms with van der Waals surface area (Å²) in [5.74, 6) is 0. The summed E-state index contributed by atoms with van der Waals surface area (Å²) in [5, 5.41) is 2.77. The lowest BCUT2D eigenvalue weighted by atomic mass is 9.59. The van der Waals surface area contributed by atoms with Gasteiger partial charge in [-0.3, -0.25) is 0 Å². The molecule has 1 nitrogen and oxygen atoms in total. The number of hydrogen-bond acceptors (Lipinski definition) is 0. The molecule has 0 atom stereocenters. The molecule has 5 rings (SSSR count). The monoisotopic (exact) mass is 491 g/mol. The minimum Gasteiger partial charge on any atom is -0.309 e. The quantitative estimate of drug-likeness (QED) is 0.315. The molecule has 0 spiro atoms. The molecule has 0 aliphatic rings. The molecule has 1 heterocycles. The van der Waals surface area contributed by atoms with Gasteiger partial charge in [0.2, 0.25) is 0 Å². The van der Waals surface area contributed by atoms with E-state index in [1.165, 1.54) is 77.1 Å². The normalized spacial score (nSPS) is 12.5. The van der Waals surface area contributed by atoms with Crippen LogP contribution in [-0.4, -0.2) is 43.8 Å². The van der Waals surface area contributed by atoms with E-state index in [4.69, 9.17) is 0 Å². The predicted octanol–water partition coefficient (Wildman–Crippen LogP) is 0.338. The first-order valence-electron chi connectivity index (χ1n) is 14.0. The maximum Gasteiger partial charge on any atom is 0.139 e. The Morgan fingerprint density at radius 1 is 0.526 bits per heavy atom. The lowest BCUT2D eigenvalue weighted by Gasteiger charge is -2.31. The fourth-order valence-corrected chi connectivity index (χ4v) is 6.52. The number of nitrogens with zero attached hydrogens (tertiary/aromatic N) is 1. The van der Waals surface area contributed by atoms with Gasteiger partial charge in [-0.15, -0.1) is 16.4 Å². The summed E-state index contributed by atoms with van der Waals surface area (Å²) in [4.78, 5) is 0. The molecule has 4 aromatic carbocycles. The first kappa shape index (κ1) is 26.6. The first-order valence-corrected chi connectivity index (χ1v) is 14.0. The second kappa shape index (κ2) is 9.04. The largest absolute Gasteiger partial charge is 0.309 e. The van der Waals surface area contributed by atoms with Crippen molar-refractivity contribution < 1.29 is 0 Å². The zero-order valence-corrected chi connectivity index (χ0v) is 25.2. The summed E-state index contributed by atoms with van der Waals surface area (Å²) >= 11 is 0. The van der Waals surface area contributed by atoms with Crippen molar-refractivity contribution in [1.82, 2.24) is 4.57 Å². The minimum absolute atomic E-state index is 0.0196. The van der Waals surface area contributed by atoms with Crippen molar-refractivity contribution in [1.29, 1.82) is 0 Å². The number of benzene rings is 4. The lowest BCUT2D eigenvalue weighted by Crippen LogP contribution is -2.55. The van der Waals surface area contributed by atoms with Gasteiger partial charge in [0.15, 0.2) is 0 Å². The van der Waals surface area contributed by atoms with Crippen molar-refractivity contribution in [3.8, 4) is 16.8 Å². The van der Waals surface area contributed by atoms with Crippen LogP contribution in [-0.2, 0) is 10.8 Å². The van der Waals surface area contributed by atoms with Gasteiger partial charge < -0.3 is 4.57 Å². The summed E-state index contributed by atoms with van der Waals surface area (Å²) in [6.45, 7) is 14.2. The molecule has 1 aromatic heterocycles. The Morgan fingerprint density at radius 3 is 1.63 bits per heavy atom. The van der Waals surface area contributed by atoms with Crippen LogP contribution in [0.5, 0.6) is 0 Å². The summed E-state index contributed by atoms with van der Waals surface area (Å²) in [6, 6.07) is 22.5. The van der Waals surface area contributed by atoms with Gasteiger partial charge in [0.1, 0.15) is 39.2 Å². The van der Waals surface area contributed by atoms with Gasteiger partial charge in [0.05, 0.1) is 11.0 Å². The third-order valence-corrected chi connectivity index (χ3v) is 8.80. The highest BCUT2D eigenvalue weighted by atomic mass is 15.0. The average Bonchev–Trinajstić information content (AvgIpc) is 3.20. The van der Waals surface area contributed by atoms with Crippen LogP contribution in [0.2, 0.25) is 0 Å². The standard InChI is InChI=1S/C32H38B5N/c1-31(2,3)19-15-16-21-24(25(19)32(4,5)6)22-18(23-26(33)28(35)30(37)29(36)27(23)34)13-10-14-20(22)38(21)17-11-8-7-9-12-17/h7-16H,33-37H2,1-6H3. The molecule has 0 unspecified atom stereocenters. The van der Waals surface area contributed by atoms with Gasteiger partial charge in [-0.2, -0.15) is 0 Å². The van der Waals surface area contributed by atoms with Crippen molar-refractivity contribution in [2.45, 2.75) is 52.4 Å². The van der Waals surface area contributed by atoms with Crippen molar-refractivity contribution in [3.63, 3.8) is 0 Å². The molecule has 186 valence electrons. The van der Waals surface area contributed by atoms with Crippen molar-refractivity contribution in [2.24, 2.45) is 0 Å². The SMILES string of the molecule is Bc1c(B)c(B)c(-c2cccc3c2c2c(C(C)(C)C)c(C(C)(C)C)ccc2n3-c2ccccc2)c(B)c1B. The van der Waals surface area contributed by atoms with E-state index in [0.717, 1.165) is 0 Å². The van der Waals surface area contributed by atoms with Gasteiger partial charge >= 0.3 is 0 Å². The van der Waals surface area contributed by atoms with Gasteiger partial charge in [-0.05, 0) is 57.3 Å². The van der Waals surface area contributed by atoms with Gasteiger partial charge in [-0.25, -0.2) is 0 Å². The van der Waals surface area contributed by atoms with Crippen LogP contribution in [0.15, 0.2) is 60.7 Å². The molecule has 6 heteroatoms. The molecule has 0 fully saturated rings. The Labute approximate surface area is 233 Å². The zero-order valence-electron chi connectivity index (χ0n) is 25.2.